The van der Waals surface area contributed by atoms with Gasteiger partial charge in [0.25, 0.3) is 0 Å². The number of hydrogen-bond donors (Lipinski definition) is 0. The van der Waals surface area contributed by atoms with E-state index in [-0.39, 0.29) is 5.78 Å². The maximum atomic E-state index is 11.8. The van der Waals surface area contributed by atoms with Crippen LogP contribution in [0.25, 0.3) is 0 Å². The van der Waals surface area contributed by atoms with Crippen molar-refractivity contribution < 1.29 is 4.79 Å². The van der Waals surface area contributed by atoms with Crippen molar-refractivity contribution in [2.75, 3.05) is 18.0 Å². The first-order chi connectivity index (χ1) is 11.6. The second-order valence-corrected chi connectivity index (χ2v) is 7.25. The molecule has 0 unspecified atom stereocenters. The largest absolute Gasteiger partial charge is 0.372 e. The van der Waals surface area contributed by atoms with Crippen molar-refractivity contribution >= 4 is 28.5 Å². The van der Waals surface area contributed by atoms with Crippen LogP contribution >= 0.6 is 11.3 Å². The lowest BCUT2D eigenvalue weighted by atomic mass is 10.1. The van der Waals surface area contributed by atoms with Crippen LogP contribution in [-0.4, -0.2) is 23.4 Å². The zero-order chi connectivity index (χ0) is 17.1. The first kappa shape index (κ1) is 17.0. The fourth-order valence-corrected chi connectivity index (χ4v) is 4.38. The number of ketones is 1. The molecule has 1 fully saturated rings. The number of anilines is 1. The van der Waals surface area contributed by atoms with Crippen molar-refractivity contribution in [3.8, 4) is 0 Å². The number of piperidine rings is 1. The van der Waals surface area contributed by atoms with Gasteiger partial charge in [0.1, 0.15) is 0 Å². The van der Waals surface area contributed by atoms with E-state index in [0.29, 0.717) is 0 Å². The number of aromatic nitrogens is 1. The highest BCUT2D eigenvalue weighted by molar-refractivity contribution is 7.11. The number of carbonyl (C=O) groups excluding carboxylic acids is 1. The van der Waals surface area contributed by atoms with E-state index in [1.807, 2.05) is 6.92 Å². The van der Waals surface area contributed by atoms with E-state index < -0.39 is 0 Å². The molecule has 0 amide bonds. The Balaban J connectivity index is 1.91. The van der Waals surface area contributed by atoms with E-state index in [0.717, 1.165) is 40.7 Å². The predicted molar refractivity (Wildman–Crippen MR) is 100 cm³/mol. The molecule has 1 saturated heterocycles. The van der Waals surface area contributed by atoms with Gasteiger partial charge in [-0.15, -0.1) is 0 Å². The van der Waals surface area contributed by atoms with Gasteiger partial charge in [-0.1, -0.05) is 11.3 Å². The lowest BCUT2D eigenvalue weighted by Crippen LogP contribution is -2.29. The van der Waals surface area contributed by atoms with Gasteiger partial charge in [0.15, 0.2) is 10.6 Å². The summed E-state index contributed by atoms with van der Waals surface area (Å²) in [5, 5.41) is 0. The summed E-state index contributed by atoms with van der Waals surface area (Å²) in [4.78, 5) is 20.7. The molecule has 0 N–H and O–H groups in total. The first-order valence-corrected chi connectivity index (χ1v) is 9.52. The van der Waals surface area contributed by atoms with E-state index in [1.165, 1.54) is 36.3 Å². The molecule has 4 nitrogen and oxygen atoms in total. The third-order valence-electron chi connectivity index (χ3n) is 4.59. The van der Waals surface area contributed by atoms with E-state index >= 15 is 0 Å². The van der Waals surface area contributed by atoms with Gasteiger partial charge in [-0.05, 0) is 57.4 Å². The molecule has 2 heterocycles. The molecule has 1 aromatic heterocycles. The number of nitrogens with zero attached hydrogens (tertiary/aromatic N) is 3. The molecular formula is C19H25N3OS. The Kier molecular flexibility index (Phi) is 5.19. The zero-order valence-corrected chi connectivity index (χ0v) is 15.5. The minimum absolute atomic E-state index is 0.113. The zero-order valence-electron chi connectivity index (χ0n) is 14.7. The monoisotopic (exact) mass is 343 g/mol. The van der Waals surface area contributed by atoms with Gasteiger partial charge >= 0.3 is 0 Å². The van der Waals surface area contributed by atoms with Gasteiger partial charge in [0.2, 0.25) is 0 Å². The standard InChI is InChI=1S/C19H25N3OS/c1-4-22-14(2)18(15(3)23)24-19(22)20-16-8-10-17(11-9-16)21-12-6-5-7-13-21/h8-11H,4-7,12-13H2,1-3H3/b20-19-. The van der Waals surface area contributed by atoms with Crippen molar-refractivity contribution in [3.63, 3.8) is 0 Å². The van der Waals surface area contributed by atoms with E-state index in [2.05, 4.69) is 40.7 Å². The molecule has 1 aromatic carbocycles. The molecule has 128 valence electrons. The van der Waals surface area contributed by atoms with Crippen molar-refractivity contribution in [2.24, 2.45) is 4.99 Å². The van der Waals surface area contributed by atoms with Gasteiger partial charge in [-0.2, -0.15) is 0 Å². The van der Waals surface area contributed by atoms with Crippen molar-refractivity contribution in [2.45, 2.75) is 46.6 Å². The van der Waals surface area contributed by atoms with Crippen LogP contribution < -0.4 is 9.70 Å². The van der Waals surface area contributed by atoms with E-state index in [9.17, 15) is 4.79 Å². The SMILES string of the molecule is CCn1c(C)c(C(C)=O)s/c1=N\c1ccc(N2CCCCC2)cc1. The number of rotatable bonds is 4. The molecule has 0 spiro atoms. The van der Waals surface area contributed by atoms with Crippen molar-refractivity contribution in [1.29, 1.82) is 0 Å². The smallest absolute Gasteiger partial charge is 0.190 e. The molecule has 0 bridgehead atoms. The van der Waals surface area contributed by atoms with Crippen molar-refractivity contribution in [1.82, 2.24) is 4.57 Å². The third kappa shape index (κ3) is 3.46. The summed E-state index contributed by atoms with van der Waals surface area (Å²) in [5.74, 6) is 0.113. The number of carbonyl (C=O) groups is 1. The summed E-state index contributed by atoms with van der Waals surface area (Å²) < 4.78 is 2.11. The Morgan fingerprint density at radius 3 is 2.42 bits per heavy atom. The highest BCUT2D eigenvalue weighted by atomic mass is 32.1. The maximum Gasteiger partial charge on any atom is 0.190 e. The third-order valence-corrected chi connectivity index (χ3v) is 5.87. The lowest BCUT2D eigenvalue weighted by molar-refractivity contribution is 0.102. The molecule has 5 heteroatoms. The highest BCUT2D eigenvalue weighted by Crippen LogP contribution is 2.23. The van der Waals surface area contributed by atoms with E-state index in [4.69, 9.17) is 4.99 Å². The van der Waals surface area contributed by atoms with Gasteiger partial charge in [-0.3, -0.25) is 4.79 Å². The van der Waals surface area contributed by atoms with E-state index in [1.54, 1.807) is 6.92 Å². The second kappa shape index (κ2) is 7.34. The fraction of sp³-hybridized carbons (Fsp3) is 0.474. The lowest BCUT2D eigenvalue weighted by Gasteiger charge is -2.28. The van der Waals surface area contributed by atoms with Crippen LogP contribution in [0.3, 0.4) is 0 Å². The Hall–Kier alpha value is -1.88. The van der Waals surface area contributed by atoms with Gasteiger partial charge in [0, 0.05) is 37.9 Å². The summed E-state index contributed by atoms with van der Waals surface area (Å²) in [5.41, 5.74) is 3.23. The fourth-order valence-electron chi connectivity index (χ4n) is 3.27. The van der Waals surface area contributed by atoms with Crippen LogP contribution in [0.15, 0.2) is 29.3 Å². The highest BCUT2D eigenvalue weighted by Gasteiger charge is 2.13. The summed E-state index contributed by atoms with van der Waals surface area (Å²) in [7, 11) is 0. The molecule has 0 saturated carbocycles. The average molecular weight is 343 g/mol. The second-order valence-electron chi connectivity index (χ2n) is 6.28. The molecular weight excluding hydrogens is 318 g/mol. The normalized spacial score (nSPS) is 15.8. The number of Topliss-reactive ketones (excluding diaryl/α,β-unsaturated/α-hetero) is 1. The Labute approximate surface area is 147 Å². The van der Waals surface area contributed by atoms with Crippen LogP contribution in [0.1, 0.15) is 48.5 Å². The van der Waals surface area contributed by atoms with Gasteiger partial charge in [0.05, 0.1) is 10.6 Å². The minimum atomic E-state index is 0.113. The number of benzene rings is 1. The van der Waals surface area contributed by atoms with Crippen LogP contribution in [-0.2, 0) is 6.54 Å². The molecule has 1 aliphatic heterocycles. The number of hydrogen-bond acceptors (Lipinski definition) is 4. The molecule has 0 atom stereocenters. The maximum absolute atomic E-state index is 11.8. The quantitative estimate of drug-likeness (QED) is 0.776. The topological polar surface area (TPSA) is 37.6 Å². The molecule has 1 aliphatic rings. The number of thiazole rings is 1. The summed E-state index contributed by atoms with van der Waals surface area (Å²) in [6.45, 7) is 8.82. The Morgan fingerprint density at radius 1 is 1.17 bits per heavy atom. The minimum Gasteiger partial charge on any atom is -0.372 e. The Bertz CT molecular complexity index is 780. The molecule has 24 heavy (non-hydrogen) atoms. The first-order valence-electron chi connectivity index (χ1n) is 8.71. The average Bonchev–Trinajstić information content (AvgIpc) is 2.92. The van der Waals surface area contributed by atoms with Crippen LogP contribution in [0.4, 0.5) is 11.4 Å². The molecule has 0 radical (unpaired) electrons. The van der Waals surface area contributed by atoms with Crippen LogP contribution in [0, 0.1) is 6.92 Å². The predicted octanol–water partition coefficient (Wildman–Crippen LogP) is 4.30. The molecule has 2 aromatic rings. The molecule has 3 rings (SSSR count). The summed E-state index contributed by atoms with van der Waals surface area (Å²) >= 11 is 1.48. The van der Waals surface area contributed by atoms with Gasteiger partial charge in [-0.25, -0.2) is 4.99 Å². The summed E-state index contributed by atoms with van der Waals surface area (Å²) in [6, 6.07) is 8.47. The Morgan fingerprint density at radius 2 is 1.83 bits per heavy atom. The van der Waals surface area contributed by atoms with Crippen LogP contribution in [0.2, 0.25) is 0 Å². The van der Waals surface area contributed by atoms with Gasteiger partial charge < -0.3 is 9.47 Å². The summed E-state index contributed by atoms with van der Waals surface area (Å²) in [6.07, 6.45) is 3.91. The van der Waals surface area contributed by atoms with Crippen LogP contribution in [0.5, 0.6) is 0 Å². The molecule has 0 aliphatic carbocycles. The van der Waals surface area contributed by atoms with Crippen molar-refractivity contribution in [3.05, 3.63) is 39.6 Å².